The summed E-state index contributed by atoms with van der Waals surface area (Å²) in [5.41, 5.74) is -1.56. The molecule has 3 atom stereocenters. The quantitative estimate of drug-likeness (QED) is 0.477. The molecule has 2 fully saturated rings. The fourth-order valence-electron chi connectivity index (χ4n) is 3.16. The van der Waals surface area contributed by atoms with Crippen LogP contribution < -0.4 is 0 Å². The Morgan fingerprint density at radius 3 is 2.20 bits per heavy atom. The second kappa shape index (κ2) is 5.02. The lowest BCUT2D eigenvalue weighted by atomic mass is 9.94. The first kappa shape index (κ1) is 15.3. The molecule has 5 heteroatoms. The maximum Gasteiger partial charge on any atom is 0.325 e. The number of carbonyl (C=O) groups is 2. The SMILES string of the molecule is CC(C)(OC(=O)C(C)(C)C(=O)O)OC1CC2CCC1C2. The van der Waals surface area contributed by atoms with Crippen molar-refractivity contribution >= 4 is 11.9 Å². The van der Waals surface area contributed by atoms with Gasteiger partial charge >= 0.3 is 11.9 Å². The first-order chi connectivity index (χ1) is 9.12. The van der Waals surface area contributed by atoms with E-state index in [4.69, 9.17) is 14.6 Å². The van der Waals surface area contributed by atoms with Crippen molar-refractivity contribution in [3.05, 3.63) is 0 Å². The van der Waals surface area contributed by atoms with E-state index in [1.807, 2.05) is 0 Å². The van der Waals surface area contributed by atoms with Crippen LogP contribution in [0, 0.1) is 17.3 Å². The zero-order valence-electron chi connectivity index (χ0n) is 12.6. The summed E-state index contributed by atoms with van der Waals surface area (Å²) in [7, 11) is 0. The Morgan fingerprint density at radius 1 is 1.10 bits per heavy atom. The van der Waals surface area contributed by atoms with E-state index in [1.54, 1.807) is 13.8 Å². The molecule has 5 nitrogen and oxygen atoms in total. The summed E-state index contributed by atoms with van der Waals surface area (Å²) in [5, 5.41) is 9.04. The van der Waals surface area contributed by atoms with Crippen LogP contribution in [0.1, 0.15) is 53.4 Å². The minimum atomic E-state index is -1.56. The summed E-state index contributed by atoms with van der Waals surface area (Å²) < 4.78 is 11.2. The van der Waals surface area contributed by atoms with Crippen LogP contribution in [0.4, 0.5) is 0 Å². The second-order valence-corrected chi connectivity index (χ2v) is 7.05. The molecular formula is C15H24O5. The average Bonchev–Trinajstić information content (AvgIpc) is 2.88. The molecule has 0 aromatic heterocycles. The molecule has 1 N–H and O–H groups in total. The lowest BCUT2D eigenvalue weighted by Crippen LogP contribution is -2.43. The highest BCUT2D eigenvalue weighted by Gasteiger charge is 2.45. The minimum Gasteiger partial charge on any atom is -0.480 e. The Labute approximate surface area is 119 Å². The number of hydrogen-bond donors (Lipinski definition) is 1. The molecule has 0 saturated heterocycles. The number of carboxylic acid groups (broad SMARTS) is 1. The van der Waals surface area contributed by atoms with Gasteiger partial charge in [0.05, 0.1) is 6.10 Å². The van der Waals surface area contributed by atoms with E-state index in [9.17, 15) is 9.59 Å². The molecule has 0 aliphatic heterocycles. The number of carboxylic acids is 1. The third-order valence-corrected chi connectivity index (χ3v) is 4.49. The molecule has 0 heterocycles. The van der Waals surface area contributed by atoms with Gasteiger partial charge in [-0.05, 0) is 51.4 Å². The van der Waals surface area contributed by atoms with Crippen LogP contribution in [0.3, 0.4) is 0 Å². The molecule has 20 heavy (non-hydrogen) atoms. The van der Waals surface area contributed by atoms with Crippen LogP contribution >= 0.6 is 0 Å². The van der Waals surface area contributed by atoms with Gasteiger partial charge < -0.3 is 14.6 Å². The molecule has 2 bridgehead atoms. The van der Waals surface area contributed by atoms with E-state index in [2.05, 4.69) is 0 Å². The lowest BCUT2D eigenvalue weighted by Gasteiger charge is -2.34. The van der Waals surface area contributed by atoms with Crippen molar-refractivity contribution < 1.29 is 24.2 Å². The van der Waals surface area contributed by atoms with Crippen LogP contribution in [0.25, 0.3) is 0 Å². The van der Waals surface area contributed by atoms with Gasteiger partial charge in [0.15, 0.2) is 5.41 Å². The van der Waals surface area contributed by atoms with Gasteiger partial charge in [0.1, 0.15) is 0 Å². The van der Waals surface area contributed by atoms with Gasteiger partial charge in [-0.2, -0.15) is 0 Å². The molecule has 2 aliphatic carbocycles. The number of carbonyl (C=O) groups excluding carboxylic acids is 1. The van der Waals surface area contributed by atoms with Crippen molar-refractivity contribution in [3.8, 4) is 0 Å². The molecule has 0 spiro atoms. The molecule has 2 saturated carbocycles. The summed E-state index contributed by atoms with van der Waals surface area (Å²) in [6.07, 6.45) is 4.81. The maximum atomic E-state index is 12.0. The van der Waals surface area contributed by atoms with Crippen LogP contribution in [-0.2, 0) is 19.1 Å². The van der Waals surface area contributed by atoms with E-state index in [0.717, 1.165) is 12.3 Å². The Bertz CT molecular complexity index is 412. The summed E-state index contributed by atoms with van der Waals surface area (Å²) in [6, 6.07) is 0. The Kier molecular flexibility index (Phi) is 3.84. The molecular weight excluding hydrogens is 260 g/mol. The molecule has 0 radical (unpaired) electrons. The molecule has 2 rings (SSSR count). The fraction of sp³-hybridized carbons (Fsp3) is 0.867. The van der Waals surface area contributed by atoms with Crippen LogP contribution in [0.15, 0.2) is 0 Å². The Balaban J connectivity index is 1.94. The standard InChI is InChI=1S/C15H24O5/c1-14(2,12(16)17)13(18)20-15(3,4)19-11-8-9-5-6-10(11)7-9/h9-11H,5-8H2,1-4H3,(H,16,17). The van der Waals surface area contributed by atoms with Crippen molar-refractivity contribution in [3.63, 3.8) is 0 Å². The number of hydrogen-bond acceptors (Lipinski definition) is 4. The van der Waals surface area contributed by atoms with Gasteiger partial charge in [-0.3, -0.25) is 9.59 Å². The Hall–Kier alpha value is -1.10. The second-order valence-electron chi connectivity index (χ2n) is 7.05. The van der Waals surface area contributed by atoms with Crippen molar-refractivity contribution in [1.29, 1.82) is 0 Å². The number of ether oxygens (including phenoxy) is 2. The van der Waals surface area contributed by atoms with Gasteiger partial charge in [0.25, 0.3) is 0 Å². The zero-order chi connectivity index (χ0) is 15.1. The number of rotatable bonds is 5. The van der Waals surface area contributed by atoms with Crippen LogP contribution in [0.5, 0.6) is 0 Å². The molecule has 3 unspecified atom stereocenters. The number of aliphatic carboxylic acids is 1. The van der Waals surface area contributed by atoms with Gasteiger partial charge in [-0.15, -0.1) is 0 Å². The Morgan fingerprint density at radius 2 is 1.75 bits per heavy atom. The van der Waals surface area contributed by atoms with Crippen LogP contribution in [0.2, 0.25) is 0 Å². The van der Waals surface area contributed by atoms with E-state index in [0.29, 0.717) is 5.92 Å². The average molecular weight is 284 g/mol. The van der Waals surface area contributed by atoms with Gasteiger partial charge in [0.2, 0.25) is 5.79 Å². The highest BCUT2D eigenvalue weighted by Crippen LogP contribution is 2.47. The molecule has 2 aliphatic rings. The van der Waals surface area contributed by atoms with E-state index in [1.165, 1.54) is 33.1 Å². The van der Waals surface area contributed by atoms with Crippen molar-refractivity contribution in [1.82, 2.24) is 0 Å². The van der Waals surface area contributed by atoms with Gasteiger partial charge in [-0.1, -0.05) is 0 Å². The topological polar surface area (TPSA) is 72.8 Å². The maximum absolute atomic E-state index is 12.0. The van der Waals surface area contributed by atoms with Gasteiger partial charge in [0, 0.05) is 13.8 Å². The number of esters is 1. The largest absolute Gasteiger partial charge is 0.480 e. The molecule has 0 amide bonds. The molecule has 0 aromatic carbocycles. The normalized spacial score (nSPS) is 29.5. The summed E-state index contributed by atoms with van der Waals surface area (Å²) in [5.74, 6) is -1.74. The van der Waals surface area contributed by atoms with E-state index >= 15 is 0 Å². The molecule has 0 aromatic rings. The smallest absolute Gasteiger partial charge is 0.325 e. The van der Waals surface area contributed by atoms with Crippen LogP contribution in [-0.4, -0.2) is 28.9 Å². The third kappa shape index (κ3) is 2.97. The highest BCUT2D eigenvalue weighted by molar-refractivity contribution is 5.98. The minimum absolute atomic E-state index is 0.129. The summed E-state index contributed by atoms with van der Waals surface area (Å²) in [4.78, 5) is 23.0. The lowest BCUT2D eigenvalue weighted by molar-refractivity contribution is -0.244. The first-order valence-electron chi connectivity index (χ1n) is 7.26. The van der Waals surface area contributed by atoms with Crippen molar-refractivity contribution in [2.75, 3.05) is 0 Å². The predicted molar refractivity (Wildman–Crippen MR) is 71.9 cm³/mol. The molecule has 114 valence electrons. The number of fused-ring (bicyclic) bond motifs is 2. The monoisotopic (exact) mass is 284 g/mol. The first-order valence-corrected chi connectivity index (χ1v) is 7.26. The highest BCUT2D eigenvalue weighted by atomic mass is 16.7. The zero-order valence-corrected chi connectivity index (χ0v) is 12.6. The van der Waals surface area contributed by atoms with E-state index in [-0.39, 0.29) is 6.10 Å². The summed E-state index contributed by atoms with van der Waals surface area (Å²) >= 11 is 0. The van der Waals surface area contributed by atoms with Gasteiger partial charge in [-0.25, -0.2) is 0 Å². The van der Waals surface area contributed by atoms with Crippen molar-refractivity contribution in [2.24, 2.45) is 17.3 Å². The fourth-order valence-corrected chi connectivity index (χ4v) is 3.16. The van der Waals surface area contributed by atoms with Crippen molar-refractivity contribution in [2.45, 2.75) is 65.3 Å². The summed E-state index contributed by atoms with van der Waals surface area (Å²) in [6.45, 7) is 6.03. The van der Waals surface area contributed by atoms with E-state index < -0.39 is 23.1 Å². The third-order valence-electron chi connectivity index (χ3n) is 4.49. The predicted octanol–water partition coefficient (Wildman–Crippen LogP) is 2.58.